The van der Waals surface area contributed by atoms with Crippen LogP contribution in [-0.2, 0) is 0 Å². The molecule has 2 unspecified atom stereocenters. The molecule has 0 saturated heterocycles. The molecule has 0 spiro atoms. The Balaban J connectivity index is 1.35. The molecule has 2 N–H and O–H groups in total. The molecule has 210 valence electrons. The van der Waals surface area contributed by atoms with Crippen molar-refractivity contribution in [3.05, 3.63) is 70.8 Å². The fourth-order valence-corrected chi connectivity index (χ4v) is 8.80. The van der Waals surface area contributed by atoms with Crippen molar-refractivity contribution in [2.75, 3.05) is 13.6 Å². The van der Waals surface area contributed by atoms with Gasteiger partial charge in [-0.1, -0.05) is 45.0 Å². The highest BCUT2D eigenvalue weighted by molar-refractivity contribution is 6.41. The predicted molar refractivity (Wildman–Crippen MR) is 163 cm³/mol. The van der Waals surface area contributed by atoms with Crippen molar-refractivity contribution in [1.29, 1.82) is 0 Å². The highest BCUT2D eigenvalue weighted by atomic mass is 16.2. The van der Waals surface area contributed by atoms with E-state index in [1.165, 1.54) is 11.9 Å². The summed E-state index contributed by atoms with van der Waals surface area (Å²) in [5.41, 5.74) is 8.26. The van der Waals surface area contributed by atoms with Crippen molar-refractivity contribution in [1.82, 2.24) is 9.80 Å². The summed E-state index contributed by atoms with van der Waals surface area (Å²) >= 11 is 0. The van der Waals surface area contributed by atoms with E-state index < -0.39 is 0 Å². The summed E-state index contributed by atoms with van der Waals surface area (Å²) in [5.74, 6) is -1.19. The summed E-state index contributed by atoms with van der Waals surface area (Å²) in [7, 11) is 1.51. The quantitative estimate of drug-likeness (QED) is 0.161. The van der Waals surface area contributed by atoms with E-state index in [-0.39, 0.29) is 40.5 Å². The van der Waals surface area contributed by atoms with Crippen molar-refractivity contribution in [2.45, 2.75) is 46.1 Å². The lowest BCUT2D eigenvalue weighted by molar-refractivity contribution is 0.0323. The highest BCUT2D eigenvalue weighted by Crippen LogP contribution is 2.49. The average molecular weight is 558 g/mol. The number of amides is 4. The van der Waals surface area contributed by atoms with Crippen LogP contribution in [0.25, 0.3) is 43.1 Å². The Morgan fingerprint density at radius 2 is 1.05 bits per heavy atom. The number of carbonyl (C=O) groups excluding carboxylic acids is 4. The van der Waals surface area contributed by atoms with Crippen LogP contribution < -0.4 is 5.73 Å². The fraction of sp³-hybridized carbons (Fsp3) is 0.314. The van der Waals surface area contributed by atoms with Gasteiger partial charge in [-0.25, -0.2) is 0 Å². The second-order valence-corrected chi connectivity index (χ2v) is 13.8. The minimum atomic E-state index is -0.320. The zero-order valence-corrected chi connectivity index (χ0v) is 24.1. The summed E-state index contributed by atoms with van der Waals surface area (Å²) in [6.07, 6.45) is 2.57. The van der Waals surface area contributed by atoms with Crippen molar-refractivity contribution in [3.8, 4) is 0 Å². The van der Waals surface area contributed by atoms with Gasteiger partial charge in [-0.2, -0.15) is 0 Å². The predicted octanol–water partition coefficient (Wildman–Crippen LogP) is 6.10. The van der Waals surface area contributed by atoms with Gasteiger partial charge in [0.25, 0.3) is 23.6 Å². The maximum Gasteiger partial charge on any atom is 0.261 e. The van der Waals surface area contributed by atoms with Crippen LogP contribution >= 0.6 is 0 Å². The Morgan fingerprint density at radius 3 is 1.45 bits per heavy atom. The number of hydrogen-bond donors (Lipinski definition) is 1. The number of fused-ring (bicyclic) bond motifs is 2. The Kier molecular flexibility index (Phi) is 4.78. The van der Waals surface area contributed by atoms with Crippen LogP contribution in [0.5, 0.6) is 0 Å². The van der Waals surface area contributed by atoms with Gasteiger partial charge in [0.05, 0.1) is 0 Å². The molecule has 1 aliphatic carbocycles. The maximum absolute atomic E-state index is 14.1. The maximum atomic E-state index is 14.1. The van der Waals surface area contributed by atoms with Crippen LogP contribution in [0.2, 0.25) is 0 Å². The van der Waals surface area contributed by atoms with E-state index in [0.29, 0.717) is 39.6 Å². The first-order chi connectivity index (χ1) is 19.9. The topological polar surface area (TPSA) is 101 Å². The molecule has 5 aromatic carbocycles. The van der Waals surface area contributed by atoms with Gasteiger partial charge in [-0.3, -0.25) is 29.0 Å². The van der Waals surface area contributed by atoms with Gasteiger partial charge in [-0.15, -0.1) is 0 Å². The molecular weight excluding hydrogens is 526 g/mol. The molecule has 2 heterocycles. The molecule has 7 heteroatoms. The van der Waals surface area contributed by atoms with Gasteiger partial charge in [0.15, 0.2) is 0 Å². The Labute approximate surface area is 242 Å². The summed E-state index contributed by atoms with van der Waals surface area (Å²) in [4.78, 5) is 56.8. The van der Waals surface area contributed by atoms with E-state index in [0.717, 1.165) is 56.5 Å². The van der Waals surface area contributed by atoms with Crippen molar-refractivity contribution < 1.29 is 19.2 Å². The normalized spacial score (nSPS) is 23.8. The fourth-order valence-electron chi connectivity index (χ4n) is 8.80. The monoisotopic (exact) mass is 557 g/mol. The van der Waals surface area contributed by atoms with Gasteiger partial charge < -0.3 is 5.73 Å². The van der Waals surface area contributed by atoms with Gasteiger partial charge >= 0.3 is 0 Å². The van der Waals surface area contributed by atoms with Crippen LogP contribution in [0.4, 0.5) is 0 Å². The first-order valence-corrected chi connectivity index (χ1v) is 14.5. The second-order valence-electron chi connectivity index (χ2n) is 13.8. The number of nitrogens with two attached hydrogens (primary N) is 1. The zero-order valence-electron chi connectivity index (χ0n) is 24.1. The standard InChI is InChI=1S/C35H31N3O4/c1-34(2)13-17(36)14-35(3,15-34)16-38-32(41)24-11-7-20-18-5-9-22-28-23(31(40)37(4)30(22)39)10-6-19(26(18)28)21-8-12-25(33(38)42)29(24)27(20)21/h5-12,17H,13-16,36H2,1-4H3. The first-order valence-electron chi connectivity index (χ1n) is 14.5. The number of rotatable bonds is 2. The number of carbonyl (C=O) groups is 4. The van der Waals surface area contributed by atoms with Crippen LogP contribution in [0.1, 0.15) is 81.5 Å². The smallest absolute Gasteiger partial charge is 0.261 e. The number of benzene rings is 5. The first kappa shape index (κ1) is 25.4. The Bertz CT molecular complexity index is 1990. The third-order valence-electron chi connectivity index (χ3n) is 9.94. The van der Waals surface area contributed by atoms with Gasteiger partial charge in [0.2, 0.25) is 0 Å². The summed E-state index contributed by atoms with van der Waals surface area (Å²) in [6, 6.07) is 15.0. The third-order valence-corrected chi connectivity index (χ3v) is 9.94. The van der Waals surface area contributed by atoms with Gasteiger partial charge in [0, 0.05) is 52.7 Å². The lowest BCUT2D eigenvalue weighted by atomic mass is 9.62. The molecule has 7 nitrogen and oxygen atoms in total. The molecule has 0 aromatic heterocycles. The van der Waals surface area contributed by atoms with Crippen LogP contribution in [0, 0.1) is 10.8 Å². The molecule has 8 rings (SSSR count). The van der Waals surface area contributed by atoms with Crippen LogP contribution in [-0.4, -0.2) is 53.1 Å². The molecule has 1 fully saturated rings. The van der Waals surface area contributed by atoms with E-state index in [1.54, 1.807) is 12.1 Å². The molecule has 2 atom stereocenters. The Morgan fingerprint density at radius 1 is 0.643 bits per heavy atom. The summed E-state index contributed by atoms with van der Waals surface area (Å²) in [6.45, 7) is 6.89. The van der Waals surface area contributed by atoms with E-state index in [9.17, 15) is 19.2 Å². The van der Waals surface area contributed by atoms with E-state index in [2.05, 4.69) is 20.8 Å². The molecule has 5 aromatic rings. The zero-order chi connectivity index (χ0) is 29.5. The summed E-state index contributed by atoms with van der Waals surface area (Å²) in [5, 5.41) is 6.61. The lowest BCUT2D eigenvalue weighted by Gasteiger charge is -2.47. The van der Waals surface area contributed by atoms with Crippen LogP contribution in [0.15, 0.2) is 48.5 Å². The molecule has 4 amide bonds. The molecular formula is C35H31N3O4. The minimum absolute atomic E-state index is 0.0302. The second kappa shape index (κ2) is 7.92. The average Bonchev–Trinajstić information content (AvgIpc) is 2.93. The van der Waals surface area contributed by atoms with E-state index >= 15 is 0 Å². The van der Waals surface area contributed by atoms with Gasteiger partial charge in [-0.05, 0) is 86.7 Å². The number of hydrogen-bond acceptors (Lipinski definition) is 5. The van der Waals surface area contributed by atoms with Gasteiger partial charge in [0.1, 0.15) is 0 Å². The number of imide groups is 2. The lowest BCUT2D eigenvalue weighted by Crippen LogP contribution is -2.51. The highest BCUT2D eigenvalue weighted by Gasteiger charge is 2.44. The molecule has 1 saturated carbocycles. The molecule has 3 aliphatic rings. The molecule has 2 aliphatic heterocycles. The molecule has 0 bridgehead atoms. The van der Waals surface area contributed by atoms with Crippen molar-refractivity contribution in [3.63, 3.8) is 0 Å². The van der Waals surface area contributed by atoms with Crippen molar-refractivity contribution in [2.24, 2.45) is 16.6 Å². The third kappa shape index (κ3) is 3.14. The largest absolute Gasteiger partial charge is 0.328 e. The SMILES string of the molecule is CN1C(=O)c2ccc3c4ccc5c6c(ccc(c7ccc(c2c37)C1=O)c64)C(=O)N(CC1(C)CC(N)CC(C)(C)C1)C5=O. The minimum Gasteiger partial charge on any atom is -0.328 e. The Hall–Kier alpha value is -4.36. The van der Waals surface area contributed by atoms with E-state index in [1.807, 2.05) is 36.4 Å². The molecule has 42 heavy (non-hydrogen) atoms. The number of nitrogens with zero attached hydrogens (tertiary/aromatic N) is 2. The van der Waals surface area contributed by atoms with E-state index in [4.69, 9.17) is 5.73 Å². The van der Waals surface area contributed by atoms with Crippen molar-refractivity contribution >= 4 is 66.7 Å². The molecule has 0 radical (unpaired) electrons. The van der Waals surface area contributed by atoms with Crippen LogP contribution in [0.3, 0.4) is 0 Å². The summed E-state index contributed by atoms with van der Waals surface area (Å²) < 4.78 is 0.